The highest BCUT2D eigenvalue weighted by molar-refractivity contribution is 7.26. The van der Waals surface area contributed by atoms with Gasteiger partial charge in [0.15, 0.2) is 0 Å². The van der Waals surface area contributed by atoms with Crippen molar-refractivity contribution in [3.05, 3.63) is 89.9 Å². The van der Waals surface area contributed by atoms with Gasteiger partial charge in [-0.1, -0.05) is 56.3 Å². The Hall–Kier alpha value is -3.04. The molecule has 148 valence electrons. The number of halogens is 1. The zero-order chi connectivity index (χ0) is 24.3. The van der Waals surface area contributed by atoms with Gasteiger partial charge in [-0.2, -0.15) is 0 Å². The predicted molar refractivity (Wildman–Crippen MR) is 127 cm³/mol. The molecule has 0 atom stereocenters. The number of aromatic nitrogens is 1. The Kier molecular flexibility index (Phi) is 3.63. The highest BCUT2D eigenvalue weighted by Gasteiger charge is 2.15. The summed E-state index contributed by atoms with van der Waals surface area (Å²) in [6.07, 6.45) is 1.72. The molecule has 0 fully saturated rings. The number of nitrogens with zero attached hydrogens (tertiary/aromatic N) is 1. The quantitative estimate of drug-likeness (QED) is 0.288. The van der Waals surface area contributed by atoms with Crippen LogP contribution in [0.25, 0.3) is 42.6 Å². The number of benzene rings is 3. The van der Waals surface area contributed by atoms with Crippen molar-refractivity contribution in [1.29, 1.82) is 0 Å². The van der Waals surface area contributed by atoms with Crippen LogP contribution in [0.2, 0.25) is 0 Å². The van der Waals surface area contributed by atoms with Crippen molar-refractivity contribution in [3.8, 4) is 22.4 Å². The first-order valence-electron chi connectivity index (χ1n) is 11.8. The normalized spacial score (nSPS) is 14.4. The van der Waals surface area contributed by atoms with Crippen LogP contribution in [0.15, 0.2) is 72.9 Å². The number of thiophene rings is 1. The molecule has 1 nitrogen and oxygen atoms in total. The molecule has 0 N–H and O–H groups in total. The Morgan fingerprint density at radius 1 is 0.933 bits per heavy atom. The van der Waals surface area contributed by atoms with E-state index in [0.717, 1.165) is 32.3 Å². The van der Waals surface area contributed by atoms with Crippen LogP contribution >= 0.6 is 11.3 Å². The fourth-order valence-corrected chi connectivity index (χ4v) is 5.10. The van der Waals surface area contributed by atoms with E-state index in [1.165, 1.54) is 23.5 Å². The lowest BCUT2D eigenvalue weighted by Gasteiger charge is -2.08. The molecule has 5 rings (SSSR count). The molecule has 3 heteroatoms. The lowest BCUT2D eigenvalue weighted by atomic mass is 9.97. The molecule has 2 aromatic heterocycles. The fourth-order valence-electron chi connectivity index (χ4n) is 3.82. The van der Waals surface area contributed by atoms with Crippen molar-refractivity contribution in [2.24, 2.45) is 0 Å². The van der Waals surface area contributed by atoms with Gasteiger partial charge in [0.25, 0.3) is 0 Å². The molecule has 2 heterocycles. The number of aryl methyl sites for hydroxylation is 1. The van der Waals surface area contributed by atoms with Crippen LogP contribution in [0.5, 0.6) is 0 Å². The number of rotatable bonds is 3. The third-order valence-corrected chi connectivity index (χ3v) is 6.71. The highest BCUT2D eigenvalue weighted by atomic mass is 32.1. The summed E-state index contributed by atoms with van der Waals surface area (Å²) in [4.78, 5) is 4.56. The second-order valence-electron chi connectivity index (χ2n) is 7.59. The van der Waals surface area contributed by atoms with Gasteiger partial charge in [-0.05, 0) is 59.3 Å². The molecule has 0 saturated carbocycles. The van der Waals surface area contributed by atoms with Gasteiger partial charge in [-0.25, -0.2) is 4.39 Å². The van der Waals surface area contributed by atoms with Crippen LogP contribution < -0.4 is 0 Å². The molecular formula is C27H22FNS. The molecule has 0 aliphatic carbocycles. The Morgan fingerprint density at radius 2 is 1.73 bits per heavy atom. The molecule has 30 heavy (non-hydrogen) atoms. The summed E-state index contributed by atoms with van der Waals surface area (Å²) in [5, 5.41) is 1.84. The summed E-state index contributed by atoms with van der Waals surface area (Å²) < 4.78 is 48.5. The summed E-state index contributed by atoms with van der Waals surface area (Å²) in [6, 6.07) is 19.4. The smallest absolute Gasteiger partial charge is 0.123 e. The number of hydrogen-bond donors (Lipinski definition) is 0. The van der Waals surface area contributed by atoms with E-state index in [1.54, 1.807) is 18.3 Å². The maximum Gasteiger partial charge on any atom is 0.123 e. The SMILES string of the molecule is [2H]C([2H])([2H])c1c(-c2ccc(F)cc2)ccc2c1sc1c(-c3cc(C([2H])(C)C)ccn3)cccc12. The zero-order valence-electron chi connectivity index (χ0n) is 20.7. The van der Waals surface area contributed by atoms with Crippen molar-refractivity contribution >= 4 is 31.5 Å². The van der Waals surface area contributed by atoms with Gasteiger partial charge in [0.2, 0.25) is 0 Å². The maximum atomic E-state index is 13.5. The van der Waals surface area contributed by atoms with Crippen molar-refractivity contribution in [3.63, 3.8) is 0 Å². The maximum absolute atomic E-state index is 13.5. The second-order valence-corrected chi connectivity index (χ2v) is 8.61. The van der Waals surface area contributed by atoms with Gasteiger partial charge in [0.05, 0.1) is 5.69 Å². The Balaban J connectivity index is 1.81. The minimum absolute atomic E-state index is 0.276. The molecule has 0 saturated heterocycles. The summed E-state index contributed by atoms with van der Waals surface area (Å²) >= 11 is 1.44. The van der Waals surface area contributed by atoms with Gasteiger partial charge in [0, 0.05) is 37.4 Å². The molecule has 0 aliphatic heterocycles. The van der Waals surface area contributed by atoms with Gasteiger partial charge in [-0.15, -0.1) is 11.3 Å². The minimum atomic E-state index is -2.35. The standard InChI is InChI=1S/C27H22FNS/c1-16(2)19-13-14-29-25(15-19)24-6-4-5-22-23-12-11-21(17(3)26(23)30-27(22)24)18-7-9-20(28)10-8-18/h4-16H,1-3H3/i3D3,16D. The molecule has 0 spiro atoms. The zero-order valence-corrected chi connectivity index (χ0v) is 17.5. The van der Waals surface area contributed by atoms with E-state index in [0.29, 0.717) is 15.8 Å². The van der Waals surface area contributed by atoms with Crippen LogP contribution in [0.3, 0.4) is 0 Å². The average Bonchev–Trinajstić information content (AvgIpc) is 3.16. The van der Waals surface area contributed by atoms with E-state index in [1.807, 2.05) is 56.3 Å². The largest absolute Gasteiger partial charge is 0.256 e. The van der Waals surface area contributed by atoms with Gasteiger partial charge in [0.1, 0.15) is 5.82 Å². The monoisotopic (exact) mass is 415 g/mol. The molecule has 0 bridgehead atoms. The first kappa shape index (κ1) is 14.9. The van der Waals surface area contributed by atoms with Crippen molar-refractivity contribution in [2.75, 3.05) is 0 Å². The van der Waals surface area contributed by atoms with Gasteiger partial charge in [-0.3, -0.25) is 4.98 Å². The topological polar surface area (TPSA) is 12.9 Å². The van der Waals surface area contributed by atoms with Crippen LogP contribution in [-0.2, 0) is 0 Å². The van der Waals surface area contributed by atoms with Crippen molar-refractivity contribution < 1.29 is 9.87 Å². The van der Waals surface area contributed by atoms with E-state index >= 15 is 0 Å². The van der Waals surface area contributed by atoms with E-state index in [2.05, 4.69) is 4.98 Å². The second kappa shape index (κ2) is 7.33. The van der Waals surface area contributed by atoms with E-state index in [4.69, 9.17) is 5.48 Å². The molecule has 0 unspecified atom stereocenters. The lowest BCUT2D eigenvalue weighted by molar-refractivity contribution is 0.628. The Bertz CT molecular complexity index is 1530. The van der Waals surface area contributed by atoms with Crippen molar-refractivity contribution in [1.82, 2.24) is 4.98 Å². The van der Waals surface area contributed by atoms with E-state index in [-0.39, 0.29) is 11.4 Å². The van der Waals surface area contributed by atoms with Crippen LogP contribution in [0.4, 0.5) is 4.39 Å². The number of hydrogen-bond acceptors (Lipinski definition) is 2. The van der Waals surface area contributed by atoms with E-state index < -0.39 is 12.7 Å². The molecule has 0 radical (unpaired) electrons. The Morgan fingerprint density at radius 3 is 2.50 bits per heavy atom. The van der Waals surface area contributed by atoms with Crippen LogP contribution in [-0.4, -0.2) is 4.98 Å². The van der Waals surface area contributed by atoms with Crippen LogP contribution in [0, 0.1) is 12.7 Å². The van der Waals surface area contributed by atoms with E-state index in [9.17, 15) is 4.39 Å². The number of pyridine rings is 1. The predicted octanol–water partition coefficient (Wildman–Crippen LogP) is 8.35. The molecular weight excluding hydrogens is 389 g/mol. The van der Waals surface area contributed by atoms with Crippen LogP contribution in [0.1, 0.15) is 36.4 Å². The third-order valence-electron chi connectivity index (χ3n) is 5.44. The molecule has 0 aliphatic rings. The van der Waals surface area contributed by atoms with Gasteiger partial charge >= 0.3 is 0 Å². The minimum Gasteiger partial charge on any atom is -0.256 e. The molecule has 3 aromatic carbocycles. The summed E-state index contributed by atoms with van der Waals surface area (Å²) in [7, 11) is 0. The highest BCUT2D eigenvalue weighted by Crippen LogP contribution is 2.43. The first-order chi connectivity index (χ1) is 16.0. The lowest BCUT2D eigenvalue weighted by Crippen LogP contribution is -1.90. The molecule has 0 amide bonds. The summed E-state index contributed by atoms with van der Waals surface area (Å²) in [6.45, 7) is 1.33. The summed E-state index contributed by atoms with van der Waals surface area (Å²) in [5.74, 6) is -1.12. The summed E-state index contributed by atoms with van der Waals surface area (Å²) in [5.41, 5.74) is 4.04. The fraction of sp³-hybridized carbons (Fsp3) is 0.148. The average molecular weight is 416 g/mol. The number of fused-ring (bicyclic) bond motifs is 3. The van der Waals surface area contributed by atoms with Gasteiger partial charge < -0.3 is 0 Å². The van der Waals surface area contributed by atoms with Crippen molar-refractivity contribution in [2.45, 2.75) is 26.6 Å². The third kappa shape index (κ3) is 3.10. The Labute approximate surface area is 185 Å². The first-order valence-corrected chi connectivity index (χ1v) is 10.6. The molecule has 5 aromatic rings.